The average molecular weight is 348 g/mol. The van der Waals surface area contributed by atoms with Gasteiger partial charge in [0.25, 0.3) is 5.91 Å². The summed E-state index contributed by atoms with van der Waals surface area (Å²) in [6, 6.07) is 13.1. The summed E-state index contributed by atoms with van der Waals surface area (Å²) in [5, 5.41) is 2.91. The van der Waals surface area contributed by atoms with Crippen LogP contribution in [0, 0.1) is 6.92 Å². The molecular formula is C17H18BrNO2. The Morgan fingerprint density at radius 2 is 2.05 bits per heavy atom. The van der Waals surface area contributed by atoms with Crippen molar-refractivity contribution in [3.05, 3.63) is 58.1 Å². The number of anilines is 1. The van der Waals surface area contributed by atoms with Crippen LogP contribution in [-0.2, 0) is 0 Å². The largest absolute Gasteiger partial charge is 0.491 e. The van der Waals surface area contributed by atoms with Crippen molar-refractivity contribution in [1.82, 2.24) is 0 Å². The molecule has 0 aromatic heterocycles. The zero-order valence-corrected chi connectivity index (χ0v) is 13.7. The van der Waals surface area contributed by atoms with E-state index in [4.69, 9.17) is 4.74 Å². The van der Waals surface area contributed by atoms with E-state index in [1.807, 2.05) is 37.3 Å². The van der Waals surface area contributed by atoms with Gasteiger partial charge in [-0.25, -0.2) is 0 Å². The Labute approximate surface area is 133 Å². The second-order valence-electron chi connectivity index (χ2n) is 4.81. The van der Waals surface area contributed by atoms with Crippen molar-refractivity contribution in [3.8, 4) is 5.75 Å². The molecular weight excluding hydrogens is 330 g/mol. The minimum Gasteiger partial charge on any atom is -0.491 e. The Morgan fingerprint density at radius 1 is 1.24 bits per heavy atom. The second kappa shape index (κ2) is 7.27. The van der Waals surface area contributed by atoms with Gasteiger partial charge < -0.3 is 10.1 Å². The summed E-state index contributed by atoms with van der Waals surface area (Å²) in [7, 11) is 0. The van der Waals surface area contributed by atoms with Crippen molar-refractivity contribution in [3.63, 3.8) is 0 Å². The topological polar surface area (TPSA) is 38.3 Å². The molecule has 0 atom stereocenters. The molecule has 110 valence electrons. The molecule has 0 aliphatic rings. The molecule has 0 fully saturated rings. The van der Waals surface area contributed by atoms with E-state index in [9.17, 15) is 4.79 Å². The van der Waals surface area contributed by atoms with Gasteiger partial charge in [0, 0.05) is 10.0 Å². The molecule has 0 bridgehead atoms. The fraction of sp³-hybridized carbons (Fsp3) is 0.235. The minimum atomic E-state index is -0.151. The van der Waals surface area contributed by atoms with Gasteiger partial charge in [-0.05, 0) is 49.2 Å². The number of hydrogen-bond donors (Lipinski definition) is 1. The van der Waals surface area contributed by atoms with Crippen LogP contribution in [0.1, 0.15) is 29.3 Å². The molecule has 1 amide bonds. The summed E-state index contributed by atoms with van der Waals surface area (Å²) in [6.45, 7) is 4.68. The SMILES string of the molecule is CCCOc1cc(C)ccc1NC(=O)c1cccc(Br)c1. The summed E-state index contributed by atoms with van der Waals surface area (Å²) < 4.78 is 6.58. The fourth-order valence-corrected chi connectivity index (χ4v) is 2.29. The number of nitrogens with one attached hydrogen (secondary N) is 1. The van der Waals surface area contributed by atoms with E-state index >= 15 is 0 Å². The smallest absolute Gasteiger partial charge is 0.255 e. The highest BCUT2D eigenvalue weighted by Crippen LogP contribution is 2.26. The van der Waals surface area contributed by atoms with Crippen LogP contribution in [0.5, 0.6) is 5.75 Å². The lowest BCUT2D eigenvalue weighted by molar-refractivity contribution is 0.102. The molecule has 0 heterocycles. The lowest BCUT2D eigenvalue weighted by Gasteiger charge is -2.13. The van der Waals surface area contributed by atoms with Gasteiger partial charge in [-0.15, -0.1) is 0 Å². The second-order valence-corrected chi connectivity index (χ2v) is 5.73. The number of halogens is 1. The first-order valence-corrected chi connectivity index (χ1v) is 7.70. The summed E-state index contributed by atoms with van der Waals surface area (Å²) in [5.74, 6) is 0.557. The third kappa shape index (κ3) is 4.33. The van der Waals surface area contributed by atoms with E-state index in [0.717, 1.165) is 16.5 Å². The summed E-state index contributed by atoms with van der Waals surface area (Å²) >= 11 is 3.37. The molecule has 0 aliphatic heterocycles. The van der Waals surface area contributed by atoms with Gasteiger partial charge in [-0.3, -0.25) is 4.79 Å². The van der Waals surface area contributed by atoms with E-state index < -0.39 is 0 Å². The van der Waals surface area contributed by atoms with Crippen LogP contribution in [0.25, 0.3) is 0 Å². The predicted molar refractivity (Wildman–Crippen MR) is 89.1 cm³/mol. The van der Waals surface area contributed by atoms with Crippen LogP contribution in [0.2, 0.25) is 0 Å². The molecule has 2 aromatic carbocycles. The number of rotatable bonds is 5. The average Bonchev–Trinajstić information content (AvgIpc) is 2.47. The van der Waals surface area contributed by atoms with E-state index in [2.05, 4.69) is 28.2 Å². The standard InChI is InChI=1S/C17H18BrNO2/c1-3-9-21-16-10-12(2)7-8-15(16)19-17(20)13-5-4-6-14(18)11-13/h4-8,10-11H,3,9H2,1-2H3,(H,19,20). The molecule has 0 aliphatic carbocycles. The van der Waals surface area contributed by atoms with Crippen LogP contribution >= 0.6 is 15.9 Å². The molecule has 0 saturated carbocycles. The first-order valence-electron chi connectivity index (χ1n) is 6.90. The number of carbonyl (C=O) groups excluding carboxylic acids is 1. The number of aryl methyl sites for hydroxylation is 1. The quantitative estimate of drug-likeness (QED) is 0.843. The highest BCUT2D eigenvalue weighted by molar-refractivity contribution is 9.10. The van der Waals surface area contributed by atoms with Crippen LogP contribution in [0.3, 0.4) is 0 Å². The maximum absolute atomic E-state index is 12.3. The van der Waals surface area contributed by atoms with E-state index in [1.165, 1.54) is 0 Å². The Bertz CT molecular complexity index is 640. The Morgan fingerprint density at radius 3 is 2.76 bits per heavy atom. The molecule has 0 spiro atoms. The number of amides is 1. The Hall–Kier alpha value is -1.81. The number of carbonyl (C=O) groups is 1. The highest BCUT2D eigenvalue weighted by atomic mass is 79.9. The zero-order valence-electron chi connectivity index (χ0n) is 12.2. The number of hydrogen-bond acceptors (Lipinski definition) is 2. The molecule has 2 rings (SSSR count). The van der Waals surface area contributed by atoms with Gasteiger partial charge in [0.2, 0.25) is 0 Å². The molecule has 0 saturated heterocycles. The molecule has 0 radical (unpaired) electrons. The third-order valence-electron chi connectivity index (χ3n) is 2.93. The van der Waals surface area contributed by atoms with Gasteiger partial charge in [0.1, 0.15) is 5.75 Å². The van der Waals surface area contributed by atoms with Crippen molar-refractivity contribution in [2.75, 3.05) is 11.9 Å². The van der Waals surface area contributed by atoms with Gasteiger partial charge in [0.15, 0.2) is 0 Å². The summed E-state index contributed by atoms with van der Waals surface area (Å²) in [6.07, 6.45) is 0.924. The predicted octanol–water partition coefficient (Wildman–Crippen LogP) is 4.80. The molecule has 21 heavy (non-hydrogen) atoms. The van der Waals surface area contributed by atoms with Crippen molar-refractivity contribution in [1.29, 1.82) is 0 Å². The van der Waals surface area contributed by atoms with E-state index in [0.29, 0.717) is 23.6 Å². The van der Waals surface area contributed by atoms with E-state index in [-0.39, 0.29) is 5.91 Å². The van der Waals surface area contributed by atoms with Crippen molar-refractivity contribution in [2.45, 2.75) is 20.3 Å². The highest BCUT2D eigenvalue weighted by Gasteiger charge is 2.10. The summed E-state index contributed by atoms with van der Waals surface area (Å²) in [4.78, 5) is 12.3. The fourth-order valence-electron chi connectivity index (χ4n) is 1.89. The third-order valence-corrected chi connectivity index (χ3v) is 3.43. The lowest BCUT2D eigenvalue weighted by atomic mass is 10.2. The minimum absolute atomic E-state index is 0.151. The maximum atomic E-state index is 12.3. The van der Waals surface area contributed by atoms with Crippen molar-refractivity contribution in [2.24, 2.45) is 0 Å². The first-order chi connectivity index (χ1) is 10.1. The van der Waals surface area contributed by atoms with Crippen LogP contribution < -0.4 is 10.1 Å². The first kappa shape index (κ1) is 15.6. The van der Waals surface area contributed by atoms with Gasteiger partial charge >= 0.3 is 0 Å². The van der Waals surface area contributed by atoms with E-state index in [1.54, 1.807) is 12.1 Å². The molecule has 3 nitrogen and oxygen atoms in total. The van der Waals surface area contributed by atoms with Crippen molar-refractivity contribution < 1.29 is 9.53 Å². The molecule has 4 heteroatoms. The number of ether oxygens (including phenoxy) is 1. The Balaban J connectivity index is 2.20. The monoisotopic (exact) mass is 347 g/mol. The molecule has 0 unspecified atom stereocenters. The zero-order chi connectivity index (χ0) is 15.2. The van der Waals surface area contributed by atoms with Gasteiger partial charge in [-0.2, -0.15) is 0 Å². The lowest BCUT2D eigenvalue weighted by Crippen LogP contribution is -2.13. The number of benzene rings is 2. The van der Waals surface area contributed by atoms with Crippen LogP contribution in [-0.4, -0.2) is 12.5 Å². The molecule has 1 N–H and O–H groups in total. The van der Waals surface area contributed by atoms with Crippen LogP contribution in [0.4, 0.5) is 5.69 Å². The molecule has 2 aromatic rings. The van der Waals surface area contributed by atoms with Gasteiger partial charge in [0.05, 0.1) is 12.3 Å². The van der Waals surface area contributed by atoms with Crippen LogP contribution in [0.15, 0.2) is 46.9 Å². The normalized spacial score (nSPS) is 10.2. The summed E-state index contributed by atoms with van der Waals surface area (Å²) in [5.41, 5.74) is 2.40. The Kier molecular flexibility index (Phi) is 5.39. The maximum Gasteiger partial charge on any atom is 0.255 e. The van der Waals surface area contributed by atoms with Crippen molar-refractivity contribution >= 4 is 27.5 Å². The van der Waals surface area contributed by atoms with Gasteiger partial charge in [-0.1, -0.05) is 35.0 Å².